The molecule has 3 aromatic rings. The molecule has 0 atom stereocenters. The Morgan fingerprint density at radius 3 is 2.87 bits per heavy atom. The third-order valence-corrected chi connectivity index (χ3v) is 3.96. The molecule has 0 aliphatic heterocycles. The largest absolute Gasteiger partial charge is 0.441 e. The van der Waals surface area contributed by atoms with Gasteiger partial charge in [0.15, 0.2) is 5.82 Å². The molecule has 0 aliphatic rings. The minimum atomic E-state index is -0.652. The van der Waals surface area contributed by atoms with E-state index in [1.54, 1.807) is 18.3 Å². The van der Waals surface area contributed by atoms with Crippen LogP contribution in [-0.2, 0) is 13.0 Å². The van der Waals surface area contributed by atoms with Gasteiger partial charge < -0.3 is 0 Å². The first-order valence-electron chi connectivity index (χ1n) is 6.95. The number of rotatable bonds is 4. The summed E-state index contributed by atoms with van der Waals surface area (Å²) in [7, 11) is 0. The number of aryl methyl sites for hydroxylation is 1. The molecule has 0 N–H and O–H groups in total. The van der Waals surface area contributed by atoms with Gasteiger partial charge in [-0.3, -0.25) is 14.1 Å². The molecule has 7 heteroatoms. The predicted molar refractivity (Wildman–Crippen MR) is 83.1 cm³/mol. The maximum absolute atomic E-state index is 13.9. The number of halogens is 2. The van der Waals surface area contributed by atoms with Crippen LogP contribution in [0.1, 0.15) is 22.6 Å². The number of nitrogens with zero attached hydrogens (tertiary/aromatic N) is 3. The molecule has 0 amide bonds. The molecule has 0 bridgehead atoms. The molecule has 5 nitrogen and oxygen atoms in total. The lowest BCUT2D eigenvalue weighted by atomic mass is 10.1. The SMILES string of the molecule is Cc1ncccc1Cc1noc(=O)n1Cc1c(F)cccc1Cl. The molecule has 0 radical (unpaired) electrons. The topological polar surface area (TPSA) is 60.9 Å². The first-order chi connectivity index (χ1) is 11.1. The maximum Gasteiger partial charge on any atom is 0.441 e. The third kappa shape index (κ3) is 3.17. The minimum absolute atomic E-state index is 0.0392. The number of hydrogen-bond donors (Lipinski definition) is 0. The fourth-order valence-corrected chi connectivity index (χ4v) is 2.52. The average Bonchev–Trinajstić information content (AvgIpc) is 2.86. The highest BCUT2D eigenvalue weighted by Gasteiger charge is 2.16. The summed E-state index contributed by atoms with van der Waals surface area (Å²) in [6.07, 6.45) is 2.05. The Morgan fingerprint density at radius 2 is 2.13 bits per heavy atom. The van der Waals surface area contributed by atoms with E-state index >= 15 is 0 Å². The van der Waals surface area contributed by atoms with Crippen molar-refractivity contribution in [1.82, 2.24) is 14.7 Å². The molecule has 0 saturated carbocycles. The molecule has 2 heterocycles. The molecular weight excluding hydrogens is 321 g/mol. The van der Waals surface area contributed by atoms with Crippen molar-refractivity contribution in [3.63, 3.8) is 0 Å². The van der Waals surface area contributed by atoms with Crippen LogP contribution in [-0.4, -0.2) is 14.7 Å². The summed E-state index contributed by atoms with van der Waals surface area (Å²) in [6, 6.07) is 8.08. The van der Waals surface area contributed by atoms with E-state index in [1.165, 1.54) is 16.7 Å². The summed E-state index contributed by atoms with van der Waals surface area (Å²) in [4.78, 5) is 16.1. The lowest BCUT2D eigenvalue weighted by Gasteiger charge is -2.08. The smallest absolute Gasteiger partial charge is 0.296 e. The predicted octanol–water partition coefficient (Wildman–Crippen LogP) is 2.97. The fourth-order valence-electron chi connectivity index (χ4n) is 2.30. The second-order valence-corrected chi connectivity index (χ2v) is 5.48. The van der Waals surface area contributed by atoms with Gasteiger partial charge in [-0.15, -0.1) is 0 Å². The molecule has 3 rings (SSSR count). The van der Waals surface area contributed by atoms with Crippen LogP contribution in [0.3, 0.4) is 0 Å². The van der Waals surface area contributed by atoms with Crippen molar-refractivity contribution < 1.29 is 8.91 Å². The quantitative estimate of drug-likeness (QED) is 0.736. The lowest BCUT2D eigenvalue weighted by Crippen LogP contribution is -2.19. The van der Waals surface area contributed by atoms with Gasteiger partial charge in [0, 0.05) is 28.9 Å². The van der Waals surface area contributed by atoms with Crippen molar-refractivity contribution in [3.8, 4) is 0 Å². The molecule has 0 saturated heterocycles. The van der Waals surface area contributed by atoms with Gasteiger partial charge in [0.1, 0.15) is 5.82 Å². The second kappa shape index (κ2) is 6.34. The standard InChI is InChI=1S/C16H13ClFN3O2/c1-10-11(4-3-7-19-10)8-15-20-23-16(22)21(15)9-12-13(17)5-2-6-14(12)18/h2-7H,8-9H2,1H3. The van der Waals surface area contributed by atoms with E-state index in [2.05, 4.69) is 10.1 Å². The van der Waals surface area contributed by atoms with Crippen LogP contribution in [0.5, 0.6) is 0 Å². The molecule has 2 aromatic heterocycles. The molecule has 0 unspecified atom stereocenters. The maximum atomic E-state index is 13.9. The van der Waals surface area contributed by atoms with Crippen LogP contribution >= 0.6 is 11.6 Å². The van der Waals surface area contributed by atoms with Crippen molar-refractivity contribution in [2.24, 2.45) is 0 Å². The van der Waals surface area contributed by atoms with Crippen LogP contribution < -0.4 is 5.76 Å². The fraction of sp³-hybridized carbons (Fsp3) is 0.188. The van der Waals surface area contributed by atoms with Crippen molar-refractivity contribution in [3.05, 3.63) is 80.6 Å². The lowest BCUT2D eigenvalue weighted by molar-refractivity contribution is 0.374. The van der Waals surface area contributed by atoms with Crippen LogP contribution in [0.15, 0.2) is 45.8 Å². The van der Waals surface area contributed by atoms with E-state index in [9.17, 15) is 9.18 Å². The number of hydrogen-bond acceptors (Lipinski definition) is 4. The summed E-state index contributed by atoms with van der Waals surface area (Å²) in [5, 5.41) is 4.04. The molecular formula is C16H13ClFN3O2. The number of aromatic nitrogens is 3. The Hall–Kier alpha value is -2.47. The van der Waals surface area contributed by atoms with Crippen LogP contribution in [0.2, 0.25) is 5.02 Å². The number of pyridine rings is 1. The number of benzene rings is 1. The zero-order chi connectivity index (χ0) is 16.4. The van der Waals surface area contributed by atoms with Gasteiger partial charge in [-0.1, -0.05) is 28.9 Å². The van der Waals surface area contributed by atoms with E-state index in [-0.39, 0.29) is 17.1 Å². The van der Waals surface area contributed by atoms with Gasteiger partial charge in [-0.25, -0.2) is 9.18 Å². The van der Waals surface area contributed by atoms with Crippen LogP contribution in [0.4, 0.5) is 4.39 Å². The molecule has 23 heavy (non-hydrogen) atoms. The molecule has 0 aliphatic carbocycles. The van der Waals surface area contributed by atoms with E-state index < -0.39 is 11.6 Å². The van der Waals surface area contributed by atoms with Gasteiger partial charge in [0.05, 0.1) is 6.54 Å². The summed E-state index contributed by atoms with van der Waals surface area (Å²) in [6.45, 7) is 1.83. The zero-order valence-electron chi connectivity index (χ0n) is 12.3. The van der Waals surface area contributed by atoms with Gasteiger partial charge in [0.25, 0.3) is 0 Å². The molecule has 118 valence electrons. The van der Waals surface area contributed by atoms with Crippen molar-refractivity contribution in [1.29, 1.82) is 0 Å². The van der Waals surface area contributed by atoms with E-state index in [0.29, 0.717) is 12.2 Å². The summed E-state index contributed by atoms with van der Waals surface area (Å²) >= 11 is 6.02. The minimum Gasteiger partial charge on any atom is -0.296 e. The first kappa shape index (κ1) is 15.4. The Morgan fingerprint density at radius 1 is 1.30 bits per heavy atom. The van der Waals surface area contributed by atoms with Crippen molar-refractivity contribution in [2.75, 3.05) is 0 Å². The molecule has 0 spiro atoms. The van der Waals surface area contributed by atoms with Gasteiger partial charge in [-0.2, -0.15) is 0 Å². The highest BCUT2D eigenvalue weighted by atomic mass is 35.5. The van der Waals surface area contributed by atoms with Crippen LogP contribution in [0.25, 0.3) is 0 Å². The normalized spacial score (nSPS) is 10.9. The Balaban J connectivity index is 1.97. The molecule has 1 aromatic carbocycles. The summed E-state index contributed by atoms with van der Waals surface area (Å²) in [5.41, 5.74) is 1.97. The van der Waals surface area contributed by atoms with Crippen molar-refractivity contribution in [2.45, 2.75) is 19.9 Å². The Labute approximate surface area is 136 Å². The second-order valence-electron chi connectivity index (χ2n) is 5.08. The Kier molecular flexibility index (Phi) is 4.25. The third-order valence-electron chi connectivity index (χ3n) is 3.60. The highest BCUT2D eigenvalue weighted by Crippen LogP contribution is 2.20. The van der Waals surface area contributed by atoms with Gasteiger partial charge in [0.2, 0.25) is 0 Å². The van der Waals surface area contributed by atoms with Gasteiger partial charge in [-0.05, 0) is 30.7 Å². The van der Waals surface area contributed by atoms with Gasteiger partial charge >= 0.3 is 5.76 Å². The van der Waals surface area contributed by atoms with Crippen LogP contribution in [0, 0.1) is 12.7 Å². The zero-order valence-corrected chi connectivity index (χ0v) is 13.0. The van der Waals surface area contributed by atoms with Crippen molar-refractivity contribution >= 4 is 11.6 Å². The van der Waals surface area contributed by atoms with E-state index in [4.69, 9.17) is 16.1 Å². The van der Waals surface area contributed by atoms with E-state index in [1.807, 2.05) is 13.0 Å². The van der Waals surface area contributed by atoms with E-state index in [0.717, 1.165) is 11.3 Å². The average molecular weight is 334 g/mol. The monoisotopic (exact) mass is 333 g/mol. The molecule has 0 fully saturated rings. The Bertz CT molecular complexity index is 884. The highest BCUT2D eigenvalue weighted by molar-refractivity contribution is 6.31. The summed E-state index contributed by atoms with van der Waals surface area (Å²) in [5.74, 6) is -0.736. The first-order valence-corrected chi connectivity index (χ1v) is 7.33. The summed E-state index contributed by atoms with van der Waals surface area (Å²) < 4.78 is 19.9.